The van der Waals surface area contributed by atoms with Gasteiger partial charge in [-0.15, -0.1) is 0 Å². The lowest BCUT2D eigenvalue weighted by Crippen LogP contribution is -2.16. The van der Waals surface area contributed by atoms with Crippen LogP contribution in [0.5, 0.6) is 5.75 Å². The largest absolute Gasteiger partial charge is 0.496 e. The minimum absolute atomic E-state index is 0.200. The van der Waals surface area contributed by atoms with Gasteiger partial charge < -0.3 is 4.74 Å². The van der Waals surface area contributed by atoms with E-state index in [0.717, 1.165) is 28.6 Å². The van der Waals surface area contributed by atoms with E-state index in [4.69, 9.17) is 4.74 Å². The summed E-state index contributed by atoms with van der Waals surface area (Å²) in [6, 6.07) is 5.88. The Bertz CT molecular complexity index is 408. The summed E-state index contributed by atoms with van der Waals surface area (Å²) in [6.45, 7) is 1.67. The van der Waals surface area contributed by atoms with Crippen LogP contribution >= 0.6 is 15.9 Å². The Morgan fingerprint density at radius 2 is 2.13 bits per heavy atom. The van der Waals surface area contributed by atoms with Gasteiger partial charge >= 0.3 is 0 Å². The average molecular weight is 269 g/mol. The SMILES string of the molecule is COc1ccc(C2(C(C)=O)CC2)cc1Br. The molecule has 80 valence electrons. The first kappa shape index (κ1) is 10.7. The van der Waals surface area contributed by atoms with Crippen molar-refractivity contribution >= 4 is 21.7 Å². The summed E-state index contributed by atoms with van der Waals surface area (Å²) in [7, 11) is 1.64. The molecular formula is C12H13BrO2. The first-order valence-corrected chi connectivity index (χ1v) is 5.74. The van der Waals surface area contributed by atoms with Crippen LogP contribution in [0.3, 0.4) is 0 Å². The van der Waals surface area contributed by atoms with Crippen molar-refractivity contribution in [2.24, 2.45) is 0 Å². The van der Waals surface area contributed by atoms with Crippen molar-refractivity contribution in [3.05, 3.63) is 28.2 Å². The fourth-order valence-corrected chi connectivity index (χ4v) is 2.47. The van der Waals surface area contributed by atoms with Crippen molar-refractivity contribution in [2.75, 3.05) is 7.11 Å². The number of carbonyl (C=O) groups is 1. The molecule has 0 atom stereocenters. The van der Waals surface area contributed by atoms with Crippen LogP contribution in [-0.2, 0) is 10.2 Å². The molecule has 0 amide bonds. The third kappa shape index (κ3) is 1.69. The van der Waals surface area contributed by atoms with E-state index in [1.807, 2.05) is 18.2 Å². The topological polar surface area (TPSA) is 26.3 Å². The fraction of sp³-hybridized carbons (Fsp3) is 0.417. The molecule has 0 unspecified atom stereocenters. The number of Topliss-reactive ketones (excluding diaryl/α,β-unsaturated/α-hetero) is 1. The molecule has 3 heteroatoms. The molecule has 2 nitrogen and oxygen atoms in total. The van der Waals surface area contributed by atoms with Gasteiger partial charge in [0.2, 0.25) is 0 Å². The zero-order chi connectivity index (χ0) is 11.1. The van der Waals surface area contributed by atoms with Crippen molar-refractivity contribution in [2.45, 2.75) is 25.2 Å². The number of hydrogen-bond donors (Lipinski definition) is 0. The third-order valence-electron chi connectivity index (χ3n) is 3.13. The highest BCUT2D eigenvalue weighted by atomic mass is 79.9. The molecular weight excluding hydrogens is 256 g/mol. The number of methoxy groups -OCH3 is 1. The summed E-state index contributed by atoms with van der Waals surface area (Å²) < 4.78 is 6.07. The number of benzene rings is 1. The maximum absolute atomic E-state index is 11.5. The second kappa shape index (κ2) is 3.63. The van der Waals surface area contributed by atoms with Gasteiger partial charge in [0.25, 0.3) is 0 Å². The van der Waals surface area contributed by atoms with E-state index in [-0.39, 0.29) is 11.2 Å². The van der Waals surface area contributed by atoms with Crippen molar-refractivity contribution in [3.63, 3.8) is 0 Å². The van der Waals surface area contributed by atoms with Gasteiger partial charge in [0, 0.05) is 0 Å². The number of carbonyl (C=O) groups excluding carboxylic acids is 1. The molecule has 1 fully saturated rings. The monoisotopic (exact) mass is 268 g/mol. The third-order valence-corrected chi connectivity index (χ3v) is 3.75. The van der Waals surface area contributed by atoms with E-state index in [9.17, 15) is 4.79 Å². The van der Waals surface area contributed by atoms with Crippen LogP contribution in [0.1, 0.15) is 25.3 Å². The standard InChI is InChI=1S/C12H13BrO2/c1-8(14)12(5-6-12)9-3-4-11(15-2)10(13)7-9/h3-4,7H,5-6H2,1-2H3. The van der Waals surface area contributed by atoms with Gasteiger partial charge in [-0.05, 0) is 53.4 Å². The number of hydrogen-bond acceptors (Lipinski definition) is 2. The summed E-state index contributed by atoms with van der Waals surface area (Å²) in [4.78, 5) is 11.5. The van der Waals surface area contributed by atoms with Gasteiger partial charge in [-0.2, -0.15) is 0 Å². The smallest absolute Gasteiger partial charge is 0.140 e. The highest BCUT2D eigenvalue weighted by Gasteiger charge is 2.48. The molecule has 2 rings (SSSR count). The Hall–Kier alpha value is -0.830. The van der Waals surface area contributed by atoms with Gasteiger partial charge in [-0.25, -0.2) is 0 Å². The van der Waals surface area contributed by atoms with Gasteiger partial charge in [-0.3, -0.25) is 4.79 Å². The van der Waals surface area contributed by atoms with Gasteiger partial charge in [-0.1, -0.05) is 6.07 Å². The van der Waals surface area contributed by atoms with Crippen molar-refractivity contribution in [3.8, 4) is 5.75 Å². The summed E-state index contributed by atoms with van der Waals surface area (Å²) in [5.74, 6) is 1.07. The predicted octanol–water partition coefficient (Wildman–Crippen LogP) is 3.08. The van der Waals surface area contributed by atoms with Crippen LogP contribution in [0, 0.1) is 0 Å². The van der Waals surface area contributed by atoms with E-state index in [2.05, 4.69) is 15.9 Å². The Morgan fingerprint density at radius 1 is 1.47 bits per heavy atom. The predicted molar refractivity (Wildman–Crippen MR) is 62.3 cm³/mol. The minimum atomic E-state index is -0.200. The van der Waals surface area contributed by atoms with Crippen LogP contribution in [0.2, 0.25) is 0 Å². The molecule has 0 N–H and O–H groups in total. The van der Waals surface area contributed by atoms with E-state index in [0.29, 0.717) is 0 Å². The van der Waals surface area contributed by atoms with Gasteiger partial charge in [0.15, 0.2) is 0 Å². The van der Waals surface area contributed by atoms with E-state index >= 15 is 0 Å². The first-order chi connectivity index (χ1) is 7.10. The van der Waals surface area contributed by atoms with Crippen LogP contribution < -0.4 is 4.74 Å². The number of ketones is 1. The Morgan fingerprint density at radius 3 is 2.53 bits per heavy atom. The molecule has 0 aliphatic heterocycles. The van der Waals surface area contributed by atoms with Crippen LogP contribution in [0.4, 0.5) is 0 Å². The summed E-state index contributed by atoms with van der Waals surface area (Å²) in [5.41, 5.74) is 0.900. The van der Waals surface area contributed by atoms with Crippen LogP contribution in [0.15, 0.2) is 22.7 Å². The molecule has 1 aliphatic rings. The Balaban J connectivity index is 2.39. The van der Waals surface area contributed by atoms with E-state index in [1.165, 1.54) is 0 Å². The lowest BCUT2D eigenvalue weighted by atomic mass is 9.92. The molecule has 0 aromatic heterocycles. The molecule has 1 aromatic rings. The quantitative estimate of drug-likeness (QED) is 0.842. The van der Waals surface area contributed by atoms with Crippen molar-refractivity contribution < 1.29 is 9.53 Å². The average Bonchev–Trinajstić information content (AvgIpc) is 2.98. The molecule has 0 spiro atoms. The molecule has 15 heavy (non-hydrogen) atoms. The van der Waals surface area contributed by atoms with E-state index in [1.54, 1.807) is 14.0 Å². The maximum Gasteiger partial charge on any atom is 0.140 e. The number of ether oxygens (including phenoxy) is 1. The van der Waals surface area contributed by atoms with Crippen LogP contribution in [0.25, 0.3) is 0 Å². The highest BCUT2D eigenvalue weighted by molar-refractivity contribution is 9.10. The zero-order valence-electron chi connectivity index (χ0n) is 8.84. The molecule has 0 heterocycles. The minimum Gasteiger partial charge on any atom is -0.496 e. The Labute approximate surface area is 97.8 Å². The molecule has 0 saturated heterocycles. The normalized spacial score (nSPS) is 17.3. The van der Waals surface area contributed by atoms with Gasteiger partial charge in [0.1, 0.15) is 11.5 Å². The van der Waals surface area contributed by atoms with Crippen molar-refractivity contribution in [1.82, 2.24) is 0 Å². The number of halogens is 1. The molecule has 1 saturated carbocycles. The van der Waals surface area contributed by atoms with Crippen molar-refractivity contribution in [1.29, 1.82) is 0 Å². The Kier molecular flexibility index (Phi) is 2.59. The highest BCUT2D eigenvalue weighted by Crippen LogP contribution is 2.50. The lowest BCUT2D eigenvalue weighted by molar-refractivity contribution is -0.119. The summed E-state index contributed by atoms with van der Waals surface area (Å²) in [6.07, 6.45) is 1.95. The lowest BCUT2D eigenvalue weighted by Gasteiger charge is -2.13. The molecule has 1 aliphatic carbocycles. The fourth-order valence-electron chi connectivity index (χ4n) is 1.93. The summed E-state index contributed by atoms with van der Waals surface area (Å²) >= 11 is 3.44. The number of rotatable bonds is 3. The van der Waals surface area contributed by atoms with Gasteiger partial charge in [0.05, 0.1) is 17.0 Å². The zero-order valence-corrected chi connectivity index (χ0v) is 10.4. The second-order valence-corrected chi connectivity index (χ2v) is 4.84. The van der Waals surface area contributed by atoms with Crippen LogP contribution in [-0.4, -0.2) is 12.9 Å². The molecule has 0 bridgehead atoms. The van der Waals surface area contributed by atoms with E-state index < -0.39 is 0 Å². The summed E-state index contributed by atoms with van der Waals surface area (Å²) in [5, 5.41) is 0. The second-order valence-electron chi connectivity index (χ2n) is 3.99. The maximum atomic E-state index is 11.5. The molecule has 1 aromatic carbocycles. The molecule has 0 radical (unpaired) electrons. The first-order valence-electron chi connectivity index (χ1n) is 4.95.